The number of aryl methyl sites for hydroxylation is 2. The molecule has 1 saturated heterocycles. The van der Waals surface area contributed by atoms with Gasteiger partial charge in [0.05, 0.1) is 23.5 Å². The number of ether oxygens (including phenoxy) is 1. The van der Waals surface area contributed by atoms with Crippen LogP contribution in [0.25, 0.3) is 11.0 Å². The van der Waals surface area contributed by atoms with Crippen molar-refractivity contribution in [2.24, 2.45) is 0 Å². The van der Waals surface area contributed by atoms with Crippen molar-refractivity contribution < 1.29 is 22.4 Å². The van der Waals surface area contributed by atoms with Gasteiger partial charge in [0.25, 0.3) is 0 Å². The SMILES string of the molecule is Cc1c(CC(=O)N[C@H]2CCS(=O)(=O)C2)c(=O)oc2cc3c(cc12)CCC1(CCCCC1)O3. The number of carbonyl (C=O) groups excluding carboxylic acids is 1. The van der Waals surface area contributed by atoms with E-state index in [1.807, 2.05) is 19.1 Å². The van der Waals surface area contributed by atoms with Crippen molar-refractivity contribution >= 4 is 26.7 Å². The third-order valence-electron chi connectivity index (χ3n) is 7.34. The summed E-state index contributed by atoms with van der Waals surface area (Å²) in [4.78, 5) is 25.2. The Bertz CT molecular complexity index is 1240. The maximum absolute atomic E-state index is 12.7. The lowest BCUT2D eigenvalue weighted by molar-refractivity contribution is -0.121. The second-order valence-electron chi connectivity index (χ2n) is 9.64. The minimum Gasteiger partial charge on any atom is -0.487 e. The highest BCUT2D eigenvalue weighted by molar-refractivity contribution is 7.91. The van der Waals surface area contributed by atoms with E-state index in [2.05, 4.69) is 5.32 Å². The number of carbonyl (C=O) groups is 1. The van der Waals surface area contributed by atoms with Gasteiger partial charge in [-0.3, -0.25) is 4.79 Å². The van der Waals surface area contributed by atoms with Crippen LogP contribution in [-0.4, -0.2) is 37.5 Å². The first-order valence-corrected chi connectivity index (χ1v) is 13.3. The largest absolute Gasteiger partial charge is 0.487 e. The Kier molecular flexibility index (Phi) is 5.31. The lowest BCUT2D eigenvalue weighted by atomic mass is 9.79. The summed E-state index contributed by atoms with van der Waals surface area (Å²) in [6, 6.07) is 3.47. The second-order valence-corrected chi connectivity index (χ2v) is 11.9. The first-order valence-electron chi connectivity index (χ1n) is 11.5. The highest BCUT2D eigenvalue weighted by atomic mass is 32.2. The van der Waals surface area contributed by atoms with Crippen molar-refractivity contribution in [3.8, 4) is 5.75 Å². The predicted octanol–water partition coefficient (Wildman–Crippen LogP) is 2.98. The molecule has 1 N–H and O–H groups in total. The Morgan fingerprint density at radius 1 is 1.19 bits per heavy atom. The quantitative estimate of drug-likeness (QED) is 0.708. The number of sulfone groups is 1. The molecule has 1 aliphatic carbocycles. The van der Waals surface area contributed by atoms with Crippen LogP contribution in [0.5, 0.6) is 5.75 Å². The van der Waals surface area contributed by atoms with Crippen molar-refractivity contribution in [2.75, 3.05) is 11.5 Å². The van der Waals surface area contributed by atoms with Gasteiger partial charge in [0.1, 0.15) is 16.9 Å². The molecule has 1 saturated carbocycles. The zero-order valence-corrected chi connectivity index (χ0v) is 19.2. The second kappa shape index (κ2) is 7.90. The average Bonchev–Trinajstić information content (AvgIpc) is 3.08. The number of hydrogen-bond donors (Lipinski definition) is 1. The molecule has 32 heavy (non-hydrogen) atoms. The Hall–Kier alpha value is -2.35. The predicted molar refractivity (Wildman–Crippen MR) is 121 cm³/mol. The van der Waals surface area contributed by atoms with Gasteiger partial charge in [-0.05, 0) is 69.1 Å². The van der Waals surface area contributed by atoms with Crippen molar-refractivity contribution in [3.05, 3.63) is 39.2 Å². The highest BCUT2D eigenvalue weighted by Gasteiger charge is 2.38. The van der Waals surface area contributed by atoms with Gasteiger partial charge in [-0.2, -0.15) is 0 Å². The molecular formula is C24H29NO6S. The Morgan fingerprint density at radius 3 is 2.69 bits per heavy atom. The van der Waals surface area contributed by atoms with Gasteiger partial charge in [0.15, 0.2) is 9.84 Å². The molecule has 3 heterocycles. The van der Waals surface area contributed by atoms with E-state index in [4.69, 9.17) is 9.15 Å². The molecule has 0 radical (unpaired) electrons. The van der Waals surface area contributed by atoms with Crippen LogP contribution in [0.2, 0.25) is 0 Å². The van der Waals surface area contributed by atoms with Crippen LogP contribution in [0.4, 0.5) is 0 Å². The van der Waals surface area contributed by atoms with Crippen LogP contribution in [-0.2, 0) is 27.5 Å². The van der Waals surface area contributed by atoms with Gasteiger partial charge in [0, 0.05) is 17.5 Å². The van der Waals surface area contributed by atoms with Crippen molar-refractivity contribution in [1.29, 1.82) is 0 Å². The van der Waals surface area contributed by atoms with Crippen LogP contribution in [0, 0.1) is 6.92 Å². The number of nitrogens with one attached hydrogen (secondary N) is 1. The Balaban J connectivity index is 1.40. The maximum atomic E-state index is 12.7. The zero-order chi connectivity index (χ0) is 22.5. The lowest BCUT2D eigenvalue weighted by Crippen LogP contribution is -2.41. The average molecular weight is 460 g/mol. The van der Waals surface area contributed by atoms with E-state index in [-0.39, 0.29) is 29.4 Å². The van der Waals surface area contributed by atoms with E-state index in [0.29, 0.717) is 17.6 Å². The lowest BCUT2D eigenvalue weighted by Gasteiger charge is -2.41. The molecule has 5 rings (SSSR count). The molecule has 0 bridgehead atoms. The van der Waals surface area contributed by atoms with E-state index in [9.17, 15) is 18.0 Å². The molecule has 8 heteroatoms. The minimum absolute atomic E-state index is 0.0440. The summed E-state index contributed by atoms with van der Waals surface area (Å²) in [5.74, 6) is 0.491. The summed E-state index contributed by atoms with van der Waals surface area (Å²) in [6.07, 6.45) is 8.00. The van der Waals surface area contributed by atoms with Gasteiger partial charge < -0.3 is 14.5 Å². The molecule has 3 aliphatic rings. The number of fused-ring (bicyclic) bond motifs is 2. The third kappa shape index (κ3) is 4.05. The first-order chi connectivity index (χ1) is 15.2. The van der Waals surface area contributed by atoms with Crippen LogP contribution in [0.15, 0.2) is 21.3 Å². The van der Waals surface area contributed by atoms with Crippen LogP contribution < -0.4 is 15.7 Å². The summed E-state index contributed by atoms with van der Waals surface area (Å²) in [5, 5.41) is 3.57. The van der Waals surface area contributed by atoms with Crippen molar-refractivity contribution in [1.82, 2.24) is 5.32 Å². The zero-order valence-electron chi connectivity index (χ0n) is 18.4. The molecule has 1 aromatic carbocycles. The standard InChI is InChI=1S/C24H29NO6S/c1-15-18-11-16-5-9-24(7-3-2-4-8-24)31-20(16)13-21(18)30-23(27)19(15)12-22(26)25-17-6-10-32(28,29)14-17/h11,13,17H,2-10,12,14H2,1H3,(H,25,26)/t17-/m0/s1. The monoisotopic (exact) mass is 459 g/mol. The summed E-state index contributed by atoms with van der Waals surface area (Å²) >= 11 is 0. The molecule has 7 nitrogen and oxygen atoms in total. The third-order valence-corrected chi connectivity index (χ3v) is 9.11. The molecular weight excluding hydrogens is 430 g/mol. The molecule has 1 spiro atoms. The molecule has 172 valence electrons. The van der Waals surface area contributed by atoms with Crippen LogP contribution in [0.1, 0.15) is 61.6 Å². The molecule has 2 aromatic rings. The van der Waals surface area contributed by atoms with Crippen LogP contribution >= 0.6 is 0 Å². The number of rotatable bonds is 3. The van der Waals surface area contributed by atoms with E-state index < -0.39 is 21.5 Å². The van der Waals surface area contributed by atoms with Gasteiger partial charge in [-0.1, -0.05) is 6.42 Å². The molecule has 1 atom stereocenters. The van der Waals surface area contributed by atoms with Gasteiger partial charge in [0.2, 0.25) is 5.91 Å². The number of amides is 1. The smallest absolute Gasteiger partial charge is 0.340 e. The van der Waals surface area contributed by atoms with Crippen molar-refractivity contribution in [2.45, 2.75) is 76.4 Å². The number of benzene rings is 1. The van der Waals surface area contributed by atoms with Gasteiger partial charge >= 0.3 is 5.63 Å². The summed E-state index contributed by atoms with van der Waals surface area (Å²) in [5.41, 5.74) is 2.01. The van der Waals surface area contributed by atoms with E-state index in [1.165, 1.54) is 19.3 Å². The van der Waals surface area contributed by atoms with Gasteiger partial charge in [-0.25, -0.2) is 13.2 Å². The van der Waals surface area contributed by atoms with Crippen molar-refractivity contribution in [3.63, 3.8) is 0 Å². The molecule has 2 aliphatic heterocycles. The fourth-order valence-corrected chi connectivity index (χ4v) is 7.17. The molecule has 1 amide bonds. The normalized spacial score (nSPS) is 23.6. The van der Waals surface area contributed by atoms with E-state index in [1.54, 1.807) is 0 Å². The highest BCUT2D eigenvalue weighted by Crippen LogP contribution is 2.43. The molecule has 0 unspecified atom stereocenters. The fourth-order valence-electron chi connectivity index (χ4n) is 5.50. The maximum Gasteiger partial charge on any atom is 0.340 e. The minimum atomic E-state index is -3.09. The Labute approximate surface area is 187 Å². The topological polar surface area (TPSA) is 103 Å². The fraction of sp³-hybridized carbons (Fsp3) is 0.583. The first kappa shape index (κ1) is 21.5. The Morgan fingerprint density at radius 2 is 1.97 bits per heavy atom. The molecule has 2 fully saturated rings. The number of hydrogen-bond acceptors (Lipinski definition) is 6. The van der Waals surface area contributed by atoms with E-state index in [0.717, 1.165) is 47.9 Å². The summed E-state index contributed by atoms with van der Waals surface area (Å²) in [6.45, 7) is 1.83. The summed E-state index contributed by atoms with van der Waals surface area (Å²) < 4.78 is 35.3. The summed E-state index contributed by atoms with van der Waals surface area (Å²) in [7, 11) is -3.09. The van der Waals surface area contributed by atoms with Crippen LogP contribution in [0.3, 0.4) is 0 Å². The molecule has 1 aromatic heterocycles. The van der Waals surface area contributed by atoms with Gasteiger partial charge in [-0.15, -0.1) is 0 Å². The van der Waals surface area contributed by atoms with E-state index >= 15 is 0 Å².